The van der Waals surface area contributed by atoms with Crippen molar-refractivity contribution in [3.8, 4) is 5.75 Å². The van der Waals surface area contributed by atoms with Gasteiger partial charge in [0.25, 0.3) is 0 Å². The quantitative estimate of drug-likeness (QED) is 0.735. The van der Waals surface area contributed by atoms with E-state index in [9.17, 15) is 0 Å². The molecule has 2 rings (SSSR count). The lowest BCUT2D eigenvalue weighted by molar-refractivity contribution is 0.649. The molecule has 0 saturated heterocycles. The average Bonchev–Trinajstić information content (AvgIpc) is 2.55. The van der Waals surface area contributed by atoms with Crippen LogP contribution in [0.3, 0.4) is 0 Å². The second kappa shape index (κ2) is 5.97. The van der Waals surface area contributed by atoms with E-state index in [1.165, 1.54) is 16.9 Å². The Morgan fingerprint density at radius 2 is 2.12 bits per heavy atom. The molecule has 1 aromatic rings. The average molecular weight is 295 g/mol. The van der Waals surface area contributed by atoms with Gasteiger partial charge in [0.2, 0.25) is 0 Å². The summed E-state index contributed by atoms with van der Waals surface area (Å²) < 4.78 is 6.66. The lowest BCUT2D eigenvalue weighted by atomic mass is 10.3. The zero-order chi connectivity index (χ0) is 11.2. The summed E-state index contributed by atoms with van der Waals surface area (Å²) >= 11 is 4.82. The van der Waals surface area contributed by atoms with Gasteiger partial charge in [-0.05, 0) is 30.7 Å². The van der Waals surface area contributed by atoms with Crippen molar-refractivity contribution >= 4 is 28.0 Å². The third kappa shape index (κ3) is 3.58. The van der Waals surface area contributed by atoms with Crippen molar-refractivity contribution < 1.29 is 4.18 Å². The molecule has 0 saturated carbocycles. The van der Waals surface area contributed by atoms with E-state index in [1.807, 2.05) is 42.5 Å². The second-order valence-corrected chi connectivity index (χ2v) is 5.05. The van der Waals surface area contributed by atoms with Gasteiger partial charge in [-0.25, -0.2) is 0 Å². The molecule has 0 fully saturated rings. The van der Waals surface area contributed by atoms with Crippen LogP contribution in [0.5, 0.6) is 5.75 Å². The van der Waals surface area contributed by atoms with Crippen molar-refractivity contribution in [2.75, 3.05) is 0 Å². The minimum atomic E-state index is 0.859. The lowest BCUT2D eigenvalue weighted by Gasteiger charge is -2.05. The van der Waals surface area contributed by atoms with E-state index in [0.717, 1.165) is 16.6 Å². The fourth-order valence-corrected chi connectivity index (χ4v) is 2.22. The van der Waals surface area contributed by atoms with E-state index >= 15 is 0 Å². The first-order chi connectivity index (χ1) is 7.84. The van der Waals surface area contributed by atoms with Gasteiger partial charge in [-0.15, -0.1) is 0 Å². The van der Waals surface area contributed by atoms with E-state index in [2.05, 4.69) is 28.1 Å². The maximum atomic E-state index is 5.63. The fourth-order valence-electron chi connectivity index (χ4n) is 1.24. The van der Waals surface area contributed by atoms with Gasteiger partial charge in [-0.1, -0.05) is 46.3 Å². The Labute approximate surface area is 108 Å². The molecule has 1 nitrogen and oxygen atoms in total. The molecule has 0 N–H and O–H groups in total. The molecule has 1 aliphatic carbocycles. The molecule has 3 heteroatoms. The molecule has 82 valence electrons. The molecule has 0 radical (unpaired) electrons. The second-order valence-electron chi connectivity index (χ2n) is 3.27. The first kappa shape index (κ1) is 11.6. The molecule has 0 aromatic heterocycles. The highest BCUT2D eigenvalue weighted by Crippen LogP contribution is 2.27. The Morgan fingerprint density at radius 3 is 3.00 bits per heavy atom. The van der Waals surface area contributed by atoms with Crippen molar-refractivity contribution in [1.82, 2.24) is 0 Å². The topological polar surface area (TPSA) is 9.23 Å². The smallest absolute Gasteiger partial charge is 0.138 e. The number of hydrogen-bond donors (Lipinski definition) is 0. The van der Waals surface area contributed by atoms with E-state index in [1.54, 1.807) is 0 Å². The first-order valence-corrected chi connectivity index (χ1v) is 6.50. The number of hydrogen-bond acceptors (Lipinski definition) is 2. The Balaban J connectivity index is 1.94. The van der Waals surface area contributed by atoms with Crippen LogP contribution in [0.4, 0.5) is 0 Å². The summed E-state index contributed by atoms with van der Waals surface area (Å²) in [7, 11) is 0. The Bertz CT molecular complexity index is 449. The Kier molecular flexibility index (Phi) is 4.31. The number of benzene rings is 1. The third-order valence-electron chi connectivity index (χ3n) is 2.00. The highest BCUT2D eigenvalue weighted by Gasteiger charge is 2.00. The monoisotopic (exact) mass is 294 g/mol. The van der Waals surface area contributed by atoms with Crippen molar-refractivity contribution in [2.24, 2.45) is 0 Å². The number of halogens is 1. The van der Waals surface area contributed by atoms with Gasteiger partial charge in [0.15, 0.2) is 0 Å². The number of allylic oxidation sites excluding steroid dienone is 6. The van der Waals surface area contributed by atoms with E-state index in [4.69, 9.17) is 4.18 Å². The van der Waals surface area contributed by atoms with E-state index < -0.39 is 0 Å². The summed E-state index contributed by atoms with van der Waals surface area (Å²) in [6, 6.07) is 7.84. The summed E-state index contributed by atoms with van der Waals surface area (Å²) in [6.45, 7) is 0. The zero-order valence-corrected chi connectivity index (χ0v) is 11.0. The highest BCUT2D eigenvalue weighted by molar-refractivity contribution is 9.10. The standard InChI is InChI=1S/C13H11BrOS/c14-11-6-5-7-12(10-11)15-16-13-8-3-1-2-4-9-13/h1-8,10H,9H2. The molecule has 1 aromatic carbocycles. The van der Waals surface area contributed by atoms with Gasteiger partial charge in [-0.3, -0.25) is 0 Å². The minimum Gasteiger partial charge on any atom is -0.421 e. The summed E-state index contributed by atoms with van der Waals surface area (Å²) in [6.07, 6.45) is 11.2. The van der Waals surface area contributed by atoms with Gasteiger partial charge in [0.1, 0.15) is 5.75 Å². The molecule has 0 amide bonds. The van der Waals surface area contributed by atoms with Crippen LogP contribution < -0.4 is 4.18 Å². The summed E-state index contributed by atoms with van der Waals surface area (Å²) in [4.78, 5) is 1.20. The minimum absolute atomic E-state index is 0.859. The van der Waals surface area contributed by atoms with Crippen LogP contribution in [0.25, 0.3) is 0 Å². The van der Waals surface area contributed by atoms with Crippen LogP contribution in [0, 0.1) is 0 Å². The molecule has 0 spiro atoms. The van der Waals surface area contributed by atoms with Crippen LogP contribution in [0.15, 0.2) is 64.0 Å². The van der Waals surface area contributed by atoms with Crippen molar-refractivity contribution in [1.29, 1.82) is 0 Å². The fraction of sp³-hybridized carbons (Fsp3) is 0.0769. The largest absolute Gasteiger partial charge is 0.421 e. The van der Waals surface area contributed by atoms with Crippen molar-refractivity contribution in [3.63, 3.8) is 0 Å². The predicted octanol–water partition coefficient (Wildman–Crippen LogP) is 4.88. The van der Waals surface area contributed by atoms with Gasteiger partial charge < -0.3 is 4.18 Å². The Hall–Kier alpha value is -0.930. The molecular formula is C13H11BrOS. The SMILES string of the molecule is Brc1cccc(OSC2=CC=CC=CC2)c1. The zero-order valence-electron chi connectivity index (χ0n) is 8.60. The molecule has 0 bridgehead atoms. The lowest BCUT2D eigenvalue weighted by Crippen LogP contribution is -1.83. The first-order valence-electron chi connectivity index (χ1n) is 4.97. The maximum Gasteiger partial charge on any atom is 0.138 e. The Morgan fingerprint density at radius 1 is 1.19 bits per heavy atom. The summed E-state index contributed by atoms with van der Waals surface area (Å²) in [5.74, 6) is 0.859. The summed E-state index contributed by atoms with van der Waals surface area (Å²) in [5, 5.41) is 0. The molecule has 0 unspecified atom stereocenters. The van der Waals surface area contributed by atoms with E-state index in [0.29, 0.717) is 0 Å². The van der Waals surface area contributed by atoms with Gasteiger partial charge >= 0.3 is 0 Å². The predicted molar refractivity (Wildman–Crippen MR) is 73.3 cm³/mol. The van der Waals surface area contributed by atoms with Gasteiger partial charge in [-0.2, -0.15) is 0 Å². The molecule has 0 aliphatic heterocycles. The molecule has 0 atom stereocenters. The van der Waals surface area contributed by atoms with Crippen molar-refractivity contribution in [2.45, 2.75) is 6.42 Å². The summed E-state index contributed by atoms with van der Waals surface area (Å²) in [5.41, 5.74) is 0. The van der Waals surface area contributed by atoms with Crippen LogP contribution in [0.2, 0.25) is 0 Å². The van der Waals surface area contributed by atoms with E-state index in [-0.39, 0.29) is 0 Å². The van der Waals surface area contributed by atoms with Crippen LogP contribution in [0.1, 0.15) is 6.42 Å². The maximum absolute atomic E-state index is 5.63. The van der Waals surface area contributed by atoms with Gasteiger partial charge in [0.05, 0.1) is 12.0 Å². The third-order valence-corrected chi connectivity index (χ3v) is 3.29. The van der Waals surface area contributed by atoms with Gasteiger partial charge in [0, 0.05) is 9.38 Å². The van der Waals surface area contributed by atoms with Crippen LogP contribution in [-0.4, -0.2) is 0 Å². The molecule has 1 aliphatic rings. The molecule has 0 heterocycles. The molecule has 16 heavy (non-hydrogen) atoms. The normalized spacial score (nSPS) is 14.4. The highest BCUT2D eigenvalue weighted by atomic mass is 79.9. The van der Waals surface area contributed by atoms with Crippen LogP contribution >= 0.6 is 28.0 Å². The van der Waals surface area contributed by atoms with Crippen LogP contribution in [-0.2, 0) is 0 Å². The van der Waals surface area contributed by atoms with Crippen molar-refractivity contribution in [3.05, 3.63) is 64.0 Å². The number of rotatable bonds is 3. The molecular weight excluding hydrogens is 284 g/mol.